The third-order valence-electron chi connectivity index (χ3n) is 4.77. The number of hydrogen-bond donors (Lipinski definition) is 1. The van der Waals surface area contributed by atoms with E-state index in [2.05, 4.69) is 10.5 Å². The van der Waals surface area contributed by atoms with Gasteiger partial charge in [-0.15, -0.1) is 0 Å². The molecule has 1 N–H and O–H groups in total. The first-order valence-corrected chi connectivity index (χ1v) is 9.53. The predicted molar refractivity (Wildman–Crippen MR) is 115 cm³/mol. The molecule has 0 saturated heterocycles. The van der Waals surface area contributed by atoms with E-state index in [1.807, 2.05) is 51.1 Å². The summed E-state index contributed by atoms with van der Waals surface area (Å²) in [5, 5.41) is 6.76. The fraction of sp³-hybridized carbons (Fsp3) is 0.261. The highest BCUT2D eigenvalue weighted by Gasteiger charge is 2.21. The number of likely N-dealkylation sites (N-methyl/N-ethyl adjacent to an activating group) is 1. The molecule has 0 spiro atoms. The van der Waals surface area contributed by atoms with Gasteiger partial charge in [0.2, 0.25) is 5.91 Å². The summed E-state index contributed by atoms with van der Waals surface area (Å²) in [6.45, 7) is 5.79. The first-order valence-electron chi connectivity index (χ1n) is 9.53. The lowest BCUT2D eigenvalue weighted by Gasteiger charge is -2.17. The molecule has 0 aliphatic carbocycles. The SMILES string of the molecule is COc1ccccc1-c1cc(C(=O)N(C)CC(=O)Nc2c(C)cc(C)cc2C)no1. The van der Waals surface area contributed by atoms with Gasteiger partial charge in [-0.3, -0.25) is 9.59 Å². The van der Waals surface area contributed by atoms with Crippen molar-refractivity contribution < 1.29 is 18.8 Å². The smallest absolute Gasteiger partial charge is 0.276 e. The first-order chi connectivity index (χ1) is 14.3. The van der Waals surface area contributed by atoms with Gasteiger partial charge >= 0.3 is 0 Å². The molecular weight excluding hydrogens is 382 g/mol. The highest BCUT2D eigenvalue weighted by molar-refractivity contribution is 5.99. The van der Waals surface area contributed by atoms with Crippen LogP contribution < -0.4 is 10.1 Å². The third kappa shape index (κ3) is 4.51. The summed E-state index contributed by atoms with van der Waals surface area (Å²) in [6, 6.07) is 12.9. The number of ether oxygens (including phenoxy) is 1. The molecule has 0 bridgehead atoms. The maximum absolute atomic E-state index is 12.7. The number of aryl methyl sites for hydroxylation is 3. The average Bonchev–Trinajstić information content (AvgIpc) is 3.20. The van der Waals surface area contributed by atoms with Crippen molar-refractivity contribution in [3.63, 3.8) is 0 Å². The van der Waals surface area contributed by atoms with Gasteiger partial charge in [-0.1, -0.05) is 35.0 Å². The van der Waals surface area contributed by atoms with Gasteiger partial charge < -0.3 is 19.5 Å². The molecule has 7 nitrogen and oxygen atoms in total. The van der Waals surface area contributed by atoms with Crippen molar-refractivity contribution in [2.75, 3.05) is 26.0 Å². The standard InChI is InChI=1S/C23H25N3O4/c1-14-10-15(2)22(16(3)11-14)24-21(27)13-26(4)23(28)18-12-20(30-25-18)17-8-6-7-9-19(17)29-5/h6-12H,13H2,1-5H3,(H,24,27). The highest BCUT2D eigenvalue weighted by atomic mass is 16.5. The van der Waals surface area contributed by atoms with Gasteiger partial charge in [-0.25, -0.2) is 0 Å². The molecular formula is C23H25N3O4. The summed E-state index contributed by atoms with van der Waals surface area (Å²) in [4.78, 5) is 26.5. The van der Waals surface area contributed by atoms with E-state index in [0.717, 1.165) is 22.4 Å². The molecule has 0 aliphatic heterocycles. The van der Waals surface area contributed by atoms with Gasteiger partial charge in [0.1, 0.15) is 5.75 Å². The Morgan fingerprint density at radius 1 is 1.10 bits per heavy atom. The molecule has 1 aromatic heterocycles. The molecule has 156 valence electrons. The molecule has 2 amide bonds. The molecule has 3 aromatic rings. The summed E-state index contributed by atoms with van der Waals surface area (Å²) in [5.74, 6) is 0.338. The van der Waals surface area contributed by atoms with Gasteiger partial charge in [0.15, 0.2) is 11.5 Å². The van der Waals surface area contributed by atoms with Gasteiger partial charge in [0, 0.05) is 18.8 Å². The molecule has 0 fully saturated rings. The molecule has 1 heterocycles. The quantitative estimate of drug-likeness (QED) is 0.668. The lowest BCUT2D eigenvalue weighted by Crippen LogP contribution is -2.35. The van der Waals surface area contributed by atoms with Crippen LogP contribution in [0.5, 0.6) is 5.75 Å². The number of para-hydroxylation sites is 1. The van der Waals surface area contributed by atoms with Crippen LogP contribution in [-0.4, -0.2) is 42.6 Å². The number of rotatable bonds is 6. The van der Waals surface area contributed by atoms with E-state index in [1.54, 1.807) is 26.3 Å². The van der Waals surface area contributed by atoms with E-state index in [1.165, 1.54) is 4.90 Å². The number of aromatic nitrogens is 1. The fourth-order valence-electron chi connectivity index (χ4n) is 3.39. The second-order valence-corrected chi connectivity index (χ2v) is 7.26. The largest absolute Gasteiger partial charge is 0.496 e. The zero-order chi connectivity index (χ0) is 21.8. The molecule has 0 unspecified atom stereocenters. The molecule has 0 aliphatic rings. The van der Waals surface area contributed by atoms with Crippen molar-refractivity contribution in [1.29, 1.82) is 0 Å². The molecule has 2 aromatic carbocycles. The molecule has 0 atom stereocenters. The minimum atomic E-state index is -0.410. The molecule has 0 saturated carbocycles. The zero-order valence-corrected chi connectivity index (χ0v) is 17.8. The minimum absolute atomic E-state index is 0.109. The van der Waals surface area contributed by atoms with Gasteiger partial charge in [0.25, 0.3) is 5.91 Å². The van der Waals surface area contributed by atoms with Gasteiger partial charge in [0.05, 0.1) is 19.2 Å². The zero-order valence-electron chi connectivity index (χ0n) is 17.8. The fourth-order valence-corrected chi connectivity index (χ4v) is 3.39. The summed E-state index contributed by atoms with van der Waals surface area (Å²) < 4.78 is 10.6. The lowest BCUT2D eigenvalue weighted by molar-refractivity contribution is -0.116. The van der Waals surface area contributed by atoms with E-state index in [4.69, 9.17) is 9.26 Å². The Labute approximate surface area is 175 Å². The second-order valence-electron chi connectivity index (χ2n) is 7.26. The topological polar surface area (TPSA) is 84.7 Å². The van der Waals surface area contributed by atoms with Crippen LogP contribution in [0.15, 0.2) is 47.0 Å². The number of carbonyl (C=O) groups excluding carboxylic acids is 2. The molecule has 30 heavy (non-hydrogen) atoms. The van der Waals surface area contributed by atoms with Crippen molar-refractivity contribution in [2.24, 2.45) is 0 Å². The van der Waals surface area contributed by atoms with Crippen LogP contribution in [0.2, 0.25) is 0 Å². The number of benzene rings is 2. The van der Waals surface area contributed by atoms with Gasteiger partial charge in [-0.2, -0.15) is 0 Å². The van der Waals surface area contributed by atoms with Crippen LogP contribution in [-0.2, 0) is 4.79 Å². The van der Waals surface area contributed by atoms with Crippen molar-refractivity contribution in [2.45, 2.75) is 20.8 Å². The summed E-state index contributed by atoms with van der Waals surface area (Å²) in [7, 11) is 3.11. The third-order valence-corrected chi connectivity index (χ3v) is 4.77. The predicted octanol–water partition coefficient (Wildman–Crippen LogP) is 3.99. The van der Waals surface area contributed by atoms with E-state index in [0.29, 0.717) is 17.1 Å². The summed E-state index contributed by atoms with van der Waals surface area (Å²) in [5.41, 5.74) is 4.67. The average molecular weight is 407 g/mol. The van der Waals surface area contributed by atoms with Crippen LogP contribution in [0.3, 0.4) is 0 Å². The van der Waals surface area contributed by atoms with Gasteiger partial charge in [-0.05, 0) is 44.0 Å². The van der Waals surface area contributed by atoms with E-state index < -0.39 is 5.91 Å². The van der Waals surface area contributed by atoms with Crippen LogP contribution >= 0.6 is 0 Å². The second kappa shape index (κ2) is 8.82. The summed E-state index contributed by atoms with van der Waals surface area (Å²) >= 11 is 0. The van der Waals surface area contributed by atoms with Crippen LogP contribution in [0.25, 0.3) is 11.3 Å². The lowest BCUT2D eigenvalue weighted by atomic mass is 10.1. The van der Waals surface area contributed by atoms with Crippen molar-refractivity contribution in [1.82, 2.24) is 10.1 Å². The van der Waals surface area contributed by atoms with Crippen molar-refractivity contribution in [3.05, 3.63) is 64.8 Å². The summed E-state index contributed by atoms with van der Waals surface area (Å²) in [6.07, 6.45) is 0. The Hall–Kier alpha value is -3.61. The number of anilines is 1. The van der Waals surface area contributed by atoms with Crippen LogP contribution in [0, 0.1) is 20.8 Å². The molecule has 7 heteroatoms. The first kappa shape index (κ1) is 21.1. The van der Waals surface area contributed by atoms with Crippen LogP contribution in [0.4, 0.5) is 5.69 Å². The maximum Gasteiger partial charge on any atom is 0.276 e. The number of hydrogen-bond acceptors (Lipinski definition) is 5. The Morgan fingerprint density at radius 2 is 1.77 bits per heavy atom. The van der Waals surface area contributed by atoms with E-state index in [-0.39, 0.29) is 18.1 Å². The molecule has 0 radical (unpaired) electrons. The monoisotopic (exact) mass is 407 g/mol. The number of amides is 2. The Morgan fingerprint density at radius 3 is 2.43 bits per heavy atom. The van der Waals surface area contributed by atoms with E-state index >= 15 is 0 Å². The van der Waals surface area contributed by atoms with Crippen LogP contribution in [0.1, 0.15) is 27.2 Å². The highest BCUT2D eigenvalue weighted by Crippen LogP contribution is 2.30. The number of nitrogens with zero attached hydrogens (tertiary/aromatic N) is 2. The maximum atomic E-state index is 12.7. The number of carbonyl (C=O) groups is 2. The number of nitrogens with one attached hydrogen (secondary N) is 1. The van der Waals surface area contributed by atoms with Crippen molar-refractivity contribution >= 4 is 17.5 Å². The Balaban J connectivity index is 1.69. The normalized spacial score (nSPS) is 10.6. The van der Waals surface area contributed by atoms with E-state index in [9.17, 15) is 9.59 Å². The number of methoxy groups -OCH3 is 1. The Bertz CT molecular complexity index is 1060. The van der Waals surface area contributed by atoms with Crippen molar-refractivity contribution in [3.8, 4) is 17.1 Å². The Kier molecular flexibility index (Phi) is 6.20. The molecule has 3 rings (SSSR count). The minimum Gasteiger partial charge on any atom is -0.496 e.